The maximum Gasteiger partial charge on any atom is 0.317 e. The molecule has 1 fully saturated rings. The van der Waals surface area contributed by atoms with Gasteiger partial charge in [-0.1, -0.05) is 29.8 Å². The van der Waals surface area contributed by atoms with Crippen LogP contribution in [0.5, 0.6) is 0 Å². The third-order valence-electron chi connectivity index (χ3n) is 4.54. The van der Waals surface area contributed by atoms with Gasteiger partial charge in [-0.25, -0.2) is 9.18 Å². The molecule has 1 atom stereocenters. The van der Waals surface area contributed by atoms with Crippen molar-refractivity contribution in [3.05, 3.63) is 64.4 Å². The number of urea groups is 1. The van der Waals surface area contributed by atoms with Crippen LogP contribution >= 0.6 is 11.6 Å². The molecular formula is C20H23ClFN3O2. The van der Waals surface area contributed by atoms with Crippen molar-refractivity contribution in [1.29, 1.82) is 0 Å². The quantitative estimate of drug-likeness (QED) is 0.861. The summed E-state index contributed by atoms with van der Waals surface area (Å²) in [5, 5.41) is 3.01. The first-order valence-corrected chi connectivity index (χ1v) is 9.17. The lowest BCUT2D eigenvalue weighted by Crippen LogP contribution is -2.46. The zero-order valence-corrected chi connectivity index (χ0v) is 16.2. The summed E-state index contributed by atoms with van der Waals surface area (Å²) in [6.45, 7) is 1.77. The van der Waals surface area contributed by atoms with Crippen molar-refractivity contribution >= 4 is 23.3 Å². The average Bonchev–Trinajstić information content (AvgIpc) is 2.68. The highest BCUT2D eigenvalue weighted by Crippen LogP contribution is 2.26. The van der Waals surface area contributed by atoms with Gasteiger partial charge in [-0.05, 0) is 35.4 Å². The minimum Gasteiger partial charge on any atom is -0.378 e. The minimum atomic E-state index is -0.467. The summed E-state index contributed by atoms with van der Waals surface area (Å²) in [5.41, 5.74) is 2.88. The van der Waals surface area contributed by atoms with Gasteiger partial charge in [-0.2, -0.15) is 0 Å². The Morgan fingerprint density at radius 2 is 2.15 bits per heavy atom. The molecule has 1 saturated heterocycles. The van der Waals surface area contributed by atoms with Crippen LogP contribution in [0.4, 0.5) is 14.9 Å². The molecular weight excluding hydrogens is 369 g/mol. The lowest BCUT2D eigenvalue weighted by Gasteiger charge is -2.33. The van der Waals surface area contributed by atoms with Crippen LogP contribution in [-0.2, 0) is 11.3 Å². The second-order valence-corrected chi connectivity index (χ2v) is 7.11. The number of anilines is 1. The SMILES string of the molecule is CN(C)c1cccc(CNC(=O)N2CCOC(c3ccc(F)c(Cl)c3)C2)c1. The molecule has 7 heteroatoms. The Kier molecular flexibility index (Phi) is 6.19. The van der Waals surface area contributed by atoms with Gasteiger partial charge in [0.25, 0.3) is 0 Å². The number of nitrogens with one attached hydrogen (secondary N) is 1. The lowest BCUT2D eigenvalue weighted by molar-refractivity contribution is -0.0155. The first kappa shape index (κ1) is 19.5. The van der Waals surface area contributed by atoms with Gasteiger partial charge in [0.05, 0.1) is 18.2 Å². The highest BCUT2D eigenvalue weighted by atomic mass is 35.5. The van der Waals surface area contributed by atoms with Gasteiger partial charge in [0, 0.05) is 32.9 Å². The number of carbonyl (C=O) groups is 1. The summed E-state index contributed by atoms with van der Waals surface area (Å²) in [4.78, 5) is 16.3. The van der Waals surface area contributed by atoms with Crippen molar-refractivity contribution in [3.63, 3.8) is 0 Å². The molecule has 0 radical (unpaired) electrons. The Balaban J connectivity index is 1.59. The molecule has 27 heavy (non-hydrogen) atoms. The summed E-state index contributed by atoms with van der Waals surface area (Å²) in [5.74, 6) is -0.467. The van der Waals surface area contributed by atoms with Gasteiger partial charge in [-0.15, -0.1) is 0 Å². The molecule has 2 amide bonds. The predicted octanol–water partition coefficient (Wildman–Crippen LogP) is 3.83. The van der Waals surface area contributed by atoms with E-state index in [4.69, 9.17) is 16.3 Å². The lowest BCUT2D eigenvalue weighted by atomic mass is 10.1. The Hall–Kier alpha value is -2.31. The van der Waals surface area contributed by atoms with Crippen molar-refractivity contribution < 1.29 is 13.9 Å². The molecule has 1 aliphatic heterocycles. The molecule has 0 saturated carbocycles. The number of nitrogens with zero attached hydrogens (tertiary/aromatic N) is 2. The number of morpholine rings is 1. The number of halogens is 2. The van der Waals surface area contributed by atoms with E-state index in [1.165, 1.54) is 6.07 Å². The van der Waals surface area contributed by atoms with Gasteiger partial charge in [0.2, 0.25) is 0 Å². The fraction of sp³-hybridized carbons (Fsp3) is 0.350. The molecule has 2 aromatic carbocycles. The van der Waals surface area contributed by atoms with E-state index in [1.54, 1.807) is 17.0 Å². The highest BCUT2D eigenvalue weighted by Gasteiger charge is 2.25. The molecule has 5 nitrogen and oxygen atoms in total. The third kappa shape index (κ3) is 4.90. The van der Waals surface area contributed by atoms with Crippen LogP contribution in [0, 0.1) is 5.82 Å². The van der Waals surface area contributed by atoms with Crippen molar-refractivity contribution in [2.45, 2.75) is 12.6 Å². The maximum absolute atomic E-state index is 13.4. The first-order chi connectivity index (χ1) is 12.9. The molecule has 144 valence electrons. The summed E-state index contributed by atoms with van der Waals surface area (Å²) in [7, 11) is 3.96. The van der Waals surface area contributed by atoms with Gasteiger partial charge < -0.3 is 19.9 Å². The Labute approximate surface area is 163 Å². The third-order valence-corrected chi connectivity index (χ3v) is 4.83. The van der Waals surface area contributed by atoms with E-state index in [0.29, 0.717) is 26.2 Å². The molecule has 1 unspecified atom stereocenters. The van der Waals surface area contributed by atoms with Gasteiger partial charge in [0.1, 0.15) is 11.9 Å². The van der Waals surface area contributed by atoms with Crippen molar-refractivity contribution in [3.8, 4) is 0 Å². The van der Waals surface area contributed by atoms with Gasteiger partial charge in [0.15, 0.2) is 0 Å². The summed E-state index contributed by atoms with van der Waals surface area (Å²) < 4.78 is 19.1. The van der Waals surface area contributed by atoms with Crippen LogP contribution in [0.25, 0.3) is 0 Å². The van der Waals surface area contributed by atoms with Crippen molar-refractivity contribution in [1.82, 2.24) is 10.2 Å². The summed E-state index contributed by atoms with van der Waals surface area (Å²) >= 11 is 5.86. The predicted molar refractivity (Wildman–Crippen MR) is 105 cm³/mol. The van der Waals surface area contributed by atoms with Crippen LogP contribution in [0.2, 0.25) is 5.02 Å². The summed E-state index contributed by atoms with van der Waals surface area (Å²) in [6, 6.07) is 12.4. The monoisotopic (exact) mass is 391 g/mol. The first-order valence-electron chi connectivity index (χ1n) is 8.79. The molecule has 0 aliphatic carbocycles. The van der Waals surface area contributed by atoms with Crippen LogP contribution in [-0.4, -0.2) is 44.7 Å². The summed E-state index contributed by atoms with van der Waals surface area (Å²) in [6.07, 6.45) is -0.320. The highest BCUT2D eigenvalue weighted by molar-refractivity contribution is 6.30. The smallest absolute Gasteiger partial charge is 0.317 e. The van der Waals surface area contributed by atoms with E-state index in [9.17, 15) is 9.18 Å². The minimum absolute atomic E-state index is 0.0541. The van der Waals surface area contributed by atoms with Gasteiger partial charge >= 0.3 is 6.03 Å². The number of benzene rings is 2. The Morgan fingerprint density at radius 3 is 2.89 bits per heavy atom. The topological polar surface area (TPSA) is 44.8 Å². The van der Waals surface area contributed by atoms with E-state index < -0.39 is 5.82 Å². The van der Waals surface area contributed by atoms with Crippen molar-refractivity contribution in [2.75, 3.05) is 38.7 Å². The van der Waals surface area contributed by atoms with Crippen LogP contribution in [0.15, 0.2) is 42.5 Å². The zero-order chi connectivity index (χ0) is 19.4. The number of hydrogen-bond acceptors (Lipinski definition) is 3. The van der Waals surface area contributed by atoms with Gasteiger partial charge in [-0.3, -0.25) is 0 Å². The van der Waals surface area contributed by atoms with Crippen LogP contribution in [0.3, 0.4) is 0 Å². The second-order valence-electron chi connectivity index (χ2n) is 6.70. The molecule has 1 heterocycles. The van der Waals surface area contributed by atoms with E-state index >= 15 is 0 Å². The fourth-order valence-electron chi connectivity index (χ4n) is 2.98. The number of carbonyl (C=O) groups excluding carboxylic acids is 1. The second kappa shape index (κ2) is 8.59. The molecule has 1 N–H and O–H groups in total. The Bertz CT molecular complexity index is 816. The van der Waals surface area contributed by atoms with E-state index in [1.807, 2.05) is 43.3 Å². The van der Waals surface area contributed by atoms with Crippen molar-refractivity contribution in [2.24, 2.45) is 0 Å². The van der Waals surface area contributed by atoms with E-state index in [2.05, 4.69) is 5.32 Å². The number of amides is 2. The van der Waals surface area contributed by atoms with Crippen LogP contribution < -0.4 is 10.2 Å². The molecule has 0 spiro atoms. The molecule has 3 rings (SSSR count). The number of rotatable bonds is 4. The number of hydrogen-bond donors (Lipinski definition) is 1. The largest absolute Gasteiger partial charge is 0.378 e. The normalized spacial score (nSPS) is 16.9. The zero-order valence-electron chi connectivity index (χ0n) is 15.4. The molecule has 0 bridgehead atoms. The fourth-order valence-corrected chi connectivity index (χ4v) is 3.17. The molecule has 2 aromatic rings. The van der Waals surface area contributed by atoms with E-state index in [-0.39, 0.29) is 17.2 Å². The Morgan fingerprint density at radius 1 is 1.33 bits per heavy atom. The molecule has 1 aliphatic rings. The number of ether oxygens (including phenoxy) is 1. The van der Waals surface area contributed by atoms with E-state index in [0.717, 1.165) is 16.8 Å². The van der Waals surface area contributed by atoms with Crippen LogP contribution in [0.1, 0.15) is 17.2 Å². The molecule has 0 aromatic heterocycles. The maximum atomic E-state index is 13.4. The average molecular weight is 392 g/mol. The standard InChI is InChI=1S/C20H23ClFN3O2/c1-24(2)16-5-3-4-14(10-16)12-23-20(26)25-8-9-27-19(13-25)15-6-7-18(22)17(21)11-15/h3-7,10-11,19H,8-9,12-13H2,1-2H3,(H,23,26).